The topological polar surface area (TPSA) is 84.5 Å². The van der Waals surface area contributed by atoms with Crippen molar-refractivity contribution in [2.45, 2.75) is 12.5 Å². The molecule has 6 nitrogen and oxygen atoms in total. The second-order valence-corrected chi connectivity index (χ2v) is 5.53. The van der Waals surface area contributed by atoms with Gasteiger partial charge in [-0.25, -0.2) is 4.79 Å². The molecule has 22 heavy (non-hydrogen) atoms. The molecule has 0 aliphatic rings. The SMILES string of the molecule is C=C(Br)C[C@H](NC(=O)CNC(=O)c1ccccc1)C(=O)OC. The second-order valence-electron chi connectivity index (χ2n) is 4.41. The molecule has 1 atom stereocenters. The third-order valence-electron chi connectivity index (χ3n) is 2.69. The molecule has 0 saturated carbocycles. The second kappa shape index (κ2) is 8.99. The highest BCUT2D eigenvalue weighted by atomic mass is 79.9. The maximum absolute atomic E-state index is 11.8. The van der Waals surface area contributed by atoms with Gasteiger partial charge in [-0.3, -0.25) is 9.59 Å². The lowest BCUT2D eigenvalue weighted by Crippen LogP contribution is -2.46. The van der Waals surface area contributed by atoms with Crippen LogP contribution in [0.4, 0.5) is 0 Å². The zero-order chi connectivity index (χ0) is 16.5. The maximum atomic E-state index is 11.8. The lowest BCUT2D eigenvalue weighted by atomic mass is 10.2. The molecule has 0 spiro atoms. The fourth-order valence-corrected chi connectivity index (χ4v) is 1.98. The molecular weight excluding hydrogens is 352 g/mol. The first kappa shape index (κ1) is 17.9. The third kappa shape index (κ3) is 6.09. The summed E-state index contributed by atoms with van der Waals surface area (Å²) in [5.74, 6) is -1.44. The van der Waals surface area contributed by atoms with E-state index in [1.54, 1.807) is 30.3 Å². The van der Waals surface area contributed by atoms with Crippen molar-refractivity contribution in [2.24, 2.45) is 0 Å². The van der Waals surface area contributed by atoms with Gasteiger partial charge in [0.25, 0.3) is 5.91 Å². The van der Waals surface area contributed by atoms with Gasteiger partial charge in [-0.05, 0) is 16.6 Å². The Morgan fingerprint density at radius 2 is 1.91 bits per heavy atom. The van der Waals surface area contributed by atoms with Crippen LogP contribution in [0.25, 0.3) is 0 Å². The van der Waals surface area contributed by atoms with Gasteiger partial charge in [0, 0.05) is 12.0 Å². The van der Waals surface area contributed by atoms with Crippen LogP contribution in [0.2, 0.25) is 0 Å². The molecule has 1 aromatic carbocycles. The number of amides is 2. The maximum Gasteiger partial charge on any atom is 0.328 e. The summed E-state index contributed by atoms with van der Waals surface area (Å²) in [6, 6.07) is 7.67. The van der Waals surface area contributed by atoms with E-state index in [-0.39, 0.29) is 18.9 Å². The molecule has 0 aromatic heterocycles. The monoisotopic (exact) mass is 368 g/mol. The highest BCUT2D eigenvalue weighted by Crippen LogP contribution is 2.10. The highest BCUT2D eigenvalue weighted by Gasteiger charge is 2.22. The van der Waals surface area contributed by atoms with Crippen molar-refractivity contribution >= 4 is 33.7 Å². The van der Waals surface area contributed by atoms with Gasteiger partial charge in [-0.1, -0.05) is 40.7 Å². The molecule has 118 valence electrons. The largest absolute Gasteiger partial charge is 0.467 e. The summed E-state index contributed by atoms with van der Waals surface area (Å²) < 4.78 is 5.16. The summed E-state index contributed by atoms with van der Waals surface area (Å²) in [5.41, 5.74) is 0.452. The van der Waals surface area contributed by atoms with Crippen molar-refractivity contribution < 1.29 is 19.1 Å². The van der Waals surface area contributed by atoms with E-state index in [0.29, 0.717) is 10.0 Å². The number of carbonyl (C=O) groups excluding carboxylic acids is 3. The van der Waals surface area contributed by atoms with Crippen molar-refractivity contribution in [3.05, 3.63) is 47.0 Å². The first-order chi connectivity index (χ1) is 10.4. The van der Waals surface area contributed by atoms with Crippen molar-refractivity contribution in [3.63, 3.8) is 0 Å². The smallest absolute Gasteiger partial charge is 0.328 e. The molecule has 0 heterocycles. The number of ether oxygens (including phenoxy) is 1. The fourth-order valence-electron chi connectivity index (χ4n) is 1.65. The predicted molar refractivity (Wildman–Crippen MR) is 85.4 cm³/mol. The Balaban J connectivity index is 2.51. The van der Waals surface area contributed by atoms with Crippen LogP contribution in [0.5, 0.6) is 0 Å². The lowest BCUT2D eigenvalue weighted by molar-refractivity contribution is -0.144. The normalized spacial score (nSPS) is 11.2. The number of carbonyl (C=O) groups is 3. The molecule has 1 rings (SSSR count). The van der Waals surface area contributed by atoms with Crippen LogP contribution in [0, 0.1) is 0 Å². The van der Waals surface area contributed by atoms with Gasteiger partial charge in [0.2, 0.25) is 5.91 Å². The summed E-state index contributed by atoms with van der Waals surface area (Å²) in [6.07, 6.45) is 0.199. The zero-order valence-corrected chi connectivity index (χ0v) is 13.7. The molecule has 7 heteroatoms. The average molecular weight is 369 g/mol. The Bertz CT molecular complexity index is 560. The Labute approximate surface area is 137 Å². The molecular formula is C15H17BrN2O4. The summed E-state index contributed by atoms with van der Waals surface area (Å²) in [7, 11) is 1.23. The molecule has 0 aliphatic carbocycles. The quantitative estimate of drug-likeness (QED) is 0.712. The fraction of sp³-hybridized carbons (Fsp3) is 0.267. The van der Waals surface area contributed by atoms with Gasteiger partial charge in [0.15, 0.2) is 0 Å². The van der Waals surface area contributed by atoms with Gasteiger partial charge in [-0.15, -0.1) is 0 Å². The number of benzene rings is 1. The number of nitrogens with one attached hydrogen (secondary N) is 2. The van der Waals surface area contributed by atoms with E-state index < -0.39 is 17.9 Å². The summed E-state index contributed by atoms with van der Waals surface area (Å²) >= 11 is 3.13. The van der Waals surface area contributed by atoms with E-state index in [4.69, 9.17) is 0 Å². The van der Waals surface area contributed by atoms with E-state index in [1.165, 1.54) is 7.11 Å². The number of halogens is 1. The minimum absolute atomic E-state index is 0.199. The van der Waals surface area contributed by atoms with E-state index in [1.807, 2.05) is 0 Å². The highest BCUT2D eigenvalue weighted by molar-refractivity contribution is 9.11. The van der Waals surface area contributed by atoms with Gasteiger partial charge in [0.1, 0.15) is 6.04 Å². The van der Waals surface area contributed by atoms with Gasteiger partial charge < -0.3 is 15.4 Å². The molecule has 0 radical (unpaired) electrons. The summed E-state index contributed by atoms with van der Waals surface area (Å²) in [4.78, 5) is 35.2. The molecule has 1 aromatic rings. The summed E-state index contributed by atoms with van der Waals surface area (Å²) in [6.45, 7) is 3.38. The van der Waals surface area contributed by atoms with E-state index in [2.05, 4.69) is 37.9 Å². The van der Waals surface area contributed by atoms with Crippen molar-refractivity contribution in [3.8, 4) is 0 Å². The lowest BCUT2D eigenvalue weighted by Gasteiger charge is -2.16. The van der Waals surface area contributed by atoms with E-state index in [9.17, 15) is 14.4 Å². The number of hydrogen-bond acceptors (Lipinski definition) is 4. The molecule has 2 amide bonds. The standard InChI is InChI=1S/C15H17BrN2O4/c1-10(16)8-12(15(21)22-2)18-13(19)9-17-14(20)11-6-4-3-5-7-11/h3-7,12H,1,8-9H2,2H3,(H,17,20)(H,18,19)/t12-/m0/s1. The van der Waals surface area contributed by atoms with Crippen molar-refractivity contribution in [1.29, 1.82) is 0 Å². The van der Waals surface area contributed by atoms with Crippen LogP contribution < -0.4 is 10.6 Å². The van der Waals surface area contributed by atoms with Crippen molar-refractivity contribution in [1.82, 2.24) is 10.6 Å². The van der Waals surface area contributed by atoms with Crippen LogP contribution in [-0.4, -0.2) is 37.5 Å². The predicted octanol–water partition coefficient (Wildman–Crippen LogP) is 1.37. The van der Waals surface area contributed by atoms with E-state index in [0.717, 1.165) is 0 Å². The average Bonchev–Trinajstić information content (AvgIpc) is 2.51. The Hall–Kier alpha value is -2.15. The van der Waals surface area contributed by atoms with Crippen molar-refractivity contribution in [2.75, 3.05) is 13.7 Å². The zero-order valence-electron chi connectivity index (χ0n) is 12.1. The van der Waals surface area contributed by atoms with Crippen LogP contribution in [-0.2, 0) is 14.3 Å². The van der Waals surface area contributed by atoms with Crippen LogP contribution in [0.15, 0.2) is 41.4 Å². The van der Waals surface area contributed by atoms with Gasteiger partial charge >= 0.3 is 5.97 Å². The minimum Gasteiger partial charge on any atom is -0.467 e. The van der Waals surface area contributed by atoms with Gasteiger partial charge in [0.05, 0.1) is 13.7 Å². The number of esters is 1. The number of hydrogen-bond donors (Lipinski definition) is 2. The Kier molecular flexibility index (Phi) is 7.31. The first-order valence-corrected chi connectivity index (χ1v) is 7.27. The first-order valence-electron chi connectivity index (χ1n) is 6.47. The third-order valence-corrected chi connectivity index (χ3v) is 3.02. The molecule has 0 fully saturated rings. The molecule has 0 bridgehead atoms. The van der Waals surface area contributed by atoms with E-state index >= 15 is 0 Å². The Morgan fingerprint density at radius 1 is 1.27 bits per heavy atom. The molecule has 2 N–H and O–H groups in total. The summed E-state index contributed by atoms with van der Waals surface area (Å²) in [5, 5.41) is 4.96. The molecule has 0 unspecified atom stereocenters. The number of methoxy groups -OCH3 is 1. The van der Waals surface area contributed by atoms with Gasteiger partial charge in [-0.2, -0.15) is 0 Å². The van der Waals surface area contributed by atoms with Crippen LogP contribution in [0.1, 0.15) is 16.8 Å². The van der Waals surface area contributed by atoms with Crippen LogP contribution >= 0.6 is 15.9 Å². The van der Waals surface area contributed by atoms with Crippen LogP contribution in [0.3, 0.4) is 0 Å². The number of rotatable bonds is 7. The molecule has 0 saturated heterocycles. The minimum atomic E-state index is -0.849. The molecule has 0 aliphatic heterocycles. The Morgan fingerprint density at radius 3 is 2.45 bits per heavy atom.